The maximum atomic E-state index is 10.9. The molecular formula is C12H12BrNO. The summed E-state index contributed by atoms with van der Waals surface area (Å²) in [5.41, 5.74) is 1.18. The van der Waals surface area contributed by atoms with Gasteiger partial charge in [0.1, 0.15) is 5.78 Å². The van der Waals surface area contributed by atoms with Gasteiger partial charge in [-0.2, -0.15) is 0 Å². The van der Waals surface area contributed by atoms with Crippen LogP contribution in [0.2, 0.25) is 0 Å². The number of fused-ring (bicyclic) bond motifs is 1. The lowest BCUT2D eigenvalue weighted by Crippen LogP contribution is -2.00. The number of hydrogen-bond acceptors (Lipinski definition) is 1. The Morgan fingerprint density at radius 1 is 1.40 bits per heavy atom. The van der Waals surface area contributed by atoms with Gasteiger partial charge in [0, 0.05) is 34.5 Å². The van der Waals surface area contributed by atoms with Gasteiger partial charge in [0.2, 0.25) is 0 Å². The predicted octanol–water partition coefficient (Wildman–Crippen LogP) is 3.38. The van der Waals surface area contributed by atoms with Crippen molar-refractivity contribution in [3.63, 3.8) is 0 Å². The summed E-state index contributed by atoms with van der Waals surface area (Å²) in [7, 11) is 0. The highest BCUT2D eigenvalue weighted by Gasteiger charge is 2.02. The number of aryl methyl sites for hydroxylation is 1. The molecule has 78 valence electrons. The molecule has 2 aromatic rings. The first kappa shape index (κ1) is 10.4. The topological polar surface area (TPSA) is 22.0 Å². The fraction of sp³-hybridized carbons (Fsp3) is 0.250. The van der Waals surface area contributed by atoms with E-state index in [1.165, 1.54) is 10.9 Å². The fourth-order valence-corrected chi connectivity index (χ4v) is 2.02. The van der Waals surface area contributed by atoms with E-state index in [4.69, 9.17) is 0 Å². The van der Waals surface area contributed by atoms with Crippen LogP contribution in [0.3, 0.4) is 0 Å². The first-order valence-electron chi connectivity index (χ1n) is 4.90. The number of nitrogens with zero attached hydrogens (tertiary/aromatic N) is 1. The second kappa shape index (κ2) is 4.19. The number of aromatic nitrogens is 1. The normalized spacial score (nSPS) is 10.8. The minimum Gasteiger partial charge on any atom is -0.347 e. The number of benzene rings is 1. The average molecular weight is 266 g/mol. The molecule has 0 radical (unpaired) electrons. The number of hydrogen-bond donors (Lipinski definition) is 0. The van der Waals surface area contributed by atoms with Crippen molar-refractivity contribution in [1.29, 1.82) is 0 Å². The second-order valence-electron chi connectivity index (χ2n) is 3.66. The second-order valence-corrected chi connectivity index (χ2v) is 4.58. The molecule has 2 rings (SSSR count). The van der Waals surface area contributed by atoms with Gasteiger partial charge in [-0.3, -0.25) is 4.79 Å². The van der Waals surface area contributed by atoms with Crippen LogP contribution in [0.25, 0.3) is 10.9 Å². The zero-order valence-electron chi connectivity index (χ0n) is 8.53. The van der Waals surface area contributed by atoms with Crippen LogP contribution in [0.5, 0.6) is 0 Å². The monoisotopic (exact) mass is 265 g/mol. The molecule has 15 heavy (non-hydrogen) atoms. The largest absolute Gasteiger partial charge is 0.347 e. The number of rotatable bonds is 3. The zero-order chi connectivity index (χ0) is 10.8. The van der Waals surface area contributed by atoms with E-state index in [1.54, 1.807) is 6.92 Å². The Bertz CT molecular complexity index is 501. The van der Waals surface area contributed by atoms with Crippen molar-refractivity contribution in [3.05, 3.63) is 34.9 Å². The lowest BCUT2D eigenvalue weighted by atomic mass is 10.2. The van der Waals surface area contributed by atoms with Gasteiger partial charge in [0.05, 0.1) is 0 Å². The smallest absolute Gasteiger partial charge is 0.131 e. The molecule has 0 spiro atoms. The summed E-state index contributed by atoms with van der Waals surface area (Å²) in [6, 6.07) is 8.24. The third-order valence-electron chi connectivity index (χ3n) is 2.44. The van der Waals surface area contributed by atoms with E-state index in [-0.39, 0.29) is 5.78 Å². The van der Waals surface area contributed by atoms with Crippen LogP contribution in [0.15, 0.2) is 34.9 Å². The number of carbonyl (C=O) groups is 1. The van der Waals surface area contributed by atoms with Crippen molar-refractivity contribution < 1.29 is 4.79 Å². The Morgan fingerprint density at radius 3 is 2.93 bits per heavy atom. The molecule has 1 heterocycles. The van der Waals surface area contributed by atoms with Crippen molar-refractivity contribution in [2.75, 3.05) is 0 Å². The molecule has 2 nitrogen and oxygen atoms in total. The Morgan fingerprint density at radius 2 is 2.20 bits per heavy atom. The molecule has 0 unspecified atom stereocenters. The molecule has 3 heteroatoms. The van der Waals surface area contributed by atoms with Gasteiger partial charge in [-0.15, -0.1) is 0 Å². The standard InChI is InChI=1S/C12H12BrNO/c1-9(15)4-6-14-7-5-10-8-11(13)2-3-12(10)14/h2-3,5,7-8H,4,6H2,1H3. The summed E-state index contributed by atoms with van der Waals surface area (Å²) in [5.74, 6) is 0.231. The predicted molar refractivity (Wildman–Crippen MR) is 64.9 cm³/mol. The molecule has 0 aliphatic rings. The van der Waals surface area contributed by atoms with E-state index in [1.807, 2.05) is 12.3 Å². The molecule has 0 fully saturated rings. The zero-order valence-corrected chi connectivity index (χ0v) is 10.1. The molecule has 0 atom stereocenters. The first-order valence-corrected chi connectivity index (χ1v) is 5.70. The third kappa shape index (κ3) is 2.29. The van der Waals surface area contributed by atoms with Crippen LogP contribution in [-0.2, 0) is 11.3 Å². The SMILES string of the molecule is CC(=O)CCn1ccc2cc(Br)ccc21. The van der Waals surface area contributed by atoms with Crippen molar-refractivity contribution >= 4 is 32.6 Å². The van der Waals surface area contributed by atoms with Gasteiger partial charge in [0.15, 0.2) is 0 Å². The molecule has 0 bridgehead atoms. The molecular weight excluding hydrogens is 254 g/mol. The van der Waals surface area contributed by atoms with Crippen LogP contribution in [0.1, 0.15) is 13.3 Å². The van der Waals surface area contributed by atoms with Gasteiger partial charge in [0.25, 0.3) is 0 Å². The minimum absolute atomic E-state index is 0.231. The molecule has 0 saturated carbocycles. The molecule has 1 aromatic heterocycles. The third-order valence-corrected chi connectivity index (χ3v) is 2.93. The van der Waals surface area contributed by atoms with E-state index < -0.39 is 0 Å². The van der Waals surface area contributed by atoms with E-state index in [0.29, 0.717) is 6.42 Å². The molecule has 0 aliphatic carbocycles. The lowest BCUT2D eigenvalue weighted by Gasteiger charge is -2.03. The molecule has 0 N–H and O–H groups in total. The Hall–Kier alpha value is -1.09. The summed E-state index contributed by atoms with van der Waals surface area (Å²) in [6.07, 6.45) is 2.62. The van der Waals surface area contributed by atoms with Crippen molar-refractivity contribution in [1.82, 2.24) is 4.57 Å². The number of ketones is 1. The highest BCUT2D eigenvalue weighted by Crippen LogP contribution is 2.20. The fourth-order valence-electron chi connectivity index (χ4n) is 1.64. The average Bonchev–Trinajstić information content (AvgIpc) is 2.57. The highest BCUT2D eigenvalue weighted by atomic mass is 79.9. The molecule has 0 saturated heterocycles. The summed E-state index contributed by atoms with van der Waals surface area (Å²) in [4.78, 5) is 10.9. The van der Waals surface area contributed by atoms with Crippen LogP contribution in [-0.4, -0.2) is 10.4 Å². The Balaban J connectivity index is 2.32. The van der Waals surface area contributed by atoms with Crippen molar-refractivity contribution in [3.8, 4) is 0 Å². The lowest BCUT2D eigenvalue weighted by molar-refractivity contribution is -0.117. The number of halogens is 1. The summed E-state index contributed by atoms with van der Waals surface area (Å²) < 4.78 is 3.20. The van der Waals surface area contributed by atoms with E-state index in [9.17, 15) is 4.79 Å². The summed E-state index contributed by atoms with van der Waals surface area (Å²) >= 11 is 3.44. The number of carbonyl (C=O) groups excluding carboxylic acids is 1. The van der Waals surface area contributed by atoms with E-state index in [2.05, 4.69) is 38.7 Å². The maximum Gasteiger partial charge on any atom is 0.131 e. The number of Topliss-reactive ketones (excluding diaryl/α,β-unsaturated/α-hetero) is 1. The van der Waals surface area contributed by atoms with Crippen LogP contribution < -0.4 is 0 Å². The minimum atomic E-state index is 0.231. The summed E-state index contributed by atoms with van der Waals surface area (Å²) in [5, 5.41) is 1.20. The van der Waals surface area contributed by atoms with E-state index >= 15 is 0 Å². The van der Waals surface area contributed by atoms with Crippen LogP contribution in [0.4, 0.5) is 0 Å². The Kier molecular flexibility index (Phi) is 2.91. The maximum absolute atomic E-state index is 10.9. The molecule has 1 aromatic carbocycles. The van der Waals surface area contributed by atoms with Gasteiger partial charge in [-0.25, -0.2) is 0 Å². The Labute approximate surface area is 97.0 Å². The molecule has 0 amide bonds. The van der Waals surface area contributed by atoms with Gasteiger partial charge in [-0.1, -0.05) is 15.9 Å². The van der Waals surface area contributed by atoms with Gasteiger partial charge in [-0.05, 0) is 31.2 Å². The van der Waals surface area contributed by atoms with Crippen molar-refractivity contribution in [2.24, 2.45) is 0 Å². The molecule has 0 aliphatic heterocycles. The van der Waals surface area contributed by atoms with Crippen LogP contribution in [0, 0.1) is 0 Å². The van der Waals surface area contributed by atoms with Crippen molar-refractivity contribution in [2.45, 2.75) is 19.9 Å². The van der Waals surface area contributed by atoms with Gasteiger partial charge < -0.3 is 4.57 Å². The highest BCUT2D eigenvalue weighted by molar-refractivity contribution is 9.10. The summed E-state index contributed by atoms with van der Waals surface area (Å²) in [6.45, 7) is 2.39. The van der Waals surface area contributed by atoms with Gasteiger partial charge >= 0.3 is 0 Å². The van der Waals surface area contributed by atoms with Crippen LogP contribution >= 0.6 is 15.9 Å². The first-order chi connectivity index (χ1) is 7.16. The quantitative estimate of drug-likeness (QED) is 0.834. The van der Waals surface area contributed by atoms with E-state index in [0.717, 1.165) is 11.0 Å².